The van der Waals surface area contributed by atoms with Crippen LogP contribution in [0.5, 0.6) is 0 Å². The molecule has 0 spiro atoms. The quantitative estimate of drug-likeness (QED) is 0.0719. The first-order valence-corrected chi connectivity index (χ1v) is 19.5. The Kier molecular flexibility index (Phi) is 28.8. The second kappa shape index (κ2) is 30.8. The Balaban J connectivity index is 2.02. The molecule has 0 fully saturated rings. The fourth-order valence-corrected chi connectivity index (χ4v) is 6.72. The molecule has 0 amide bonds. The number of rotatable bonds is 33. The molecule has 0 aromatic heterocycles. The highest BCUT2D eigenvalue weighted by Crippen LogP contribution is 2.23. The zero-order valence-electron chi connectivity index (χ0n) is 29.0. The molecule has 0 saturated carbocycles. The van der Waals surface area contributed by atoms with Crippen LogP contribution >= 0.6 is 0 Å². The summed E-state index contributed by atoms with van der Waals surface area (Å²) in [7, 11) is 0. The van der Waals surface area contributed by atoms with Gasteiger partial charge in [-0.15, -0.1) is 0 Å². The summed E-state index contributed by atoms with van der Waals surface area (Å²) in [6, 6.07) is 0. The van der Waals surface area contributed by atoms with Crippen LogP contribution in [0.1, 0.15) is 220 Å². The molecule has 0 N–H and O–H groups in total. The second-order valence-electron chi connectivity index (χ2n) is 13.6. The minimum absolute atomic E-state index is 0.640. The summed E-state index contributed by atoms with van der Waals surface area (Å²) in [4.78, 5) is 5.38. The third kappa shape index (κ3) is 23.5. The van der Waals surface area contributed by atoms with Crippen LogP contribution in [0.2, 0.25) is 0 Å². The molecule has 0 aromatic carbocycles. The van der Waals surface area contributed by atoms with Gasteiger partial charge >= 0.3 is 0 Å². The lowest BCUT2D eigenvalue weighted by molar-refractivity contribution is 0.135. The van der Waals surface area contributed by atoms with E-state index in [-0.39, 0.29) is 0 Å². The normalized spacial score (nSPS) is 15.0. The third-order valence-electron chi connectivity index (χ3n) is 9.57. The monoisotopic (exact) mass is 575 g/mol. The molecule has 0 aromatic rings. The van der Waals surface area contributed by atoms with E-state index in [0.717, 1.165) is 0 Å². The predicted molar refractivity (Wildman–Crippen MR) is 186 cm³/mol. The molecular formula is C39H78N2. The highest BCUT2D eigenvalue weighted by Gasteiger charge is 2.24. The van der Waals surface area contributed by atoms with Crippen molar-refractivity contribution < 1.29 is 0 Å². The lowest BCUT2D eigenvalue weighted by Gasteiger charge is -2.33. The minimum Gasteiger partial charge on any atom is -0.356 e. The standard InChI is InChI=1S/C39H78N2/c1-4-7-10-12-14-16-18-19-20-21-22-23-24-26-28-30-33-36-41-38-37-40(39(41)34-31-9-6-3)35-32-29-27-25-17-15-13-11-8-5-2/h37-39H,4-36H2,1-3H3. The van der Waals surface area contributed by atoms with E-state index in [9.17, 15) is 0 Å². The summed E-state index contributed by atoms with van der Waals surface area (Å²) < 4.78 is 0. The Hall–Kier alpha value is -0.660. The smallest absolute Gasteiger partial charge is 0.101 e. The second-order valence-corrected chi connectivity index (χ2v) is 13.6. The molecule has 1 aliphatic rings. The van der Waals surface area contributed by atoms with Gasteiger partial charge in [0, 0.05) is 25.5 Å². The zero-order valence-corrected chi connectivity index (χ0v) is 29.0. The van der Waals surface area contributed by atoms with Crippen LogP contribution in [0.15, 0.2) is 12.4 Å². The number of hydrogen-bond acceptors (Lipinski definition) is 2. The Morgan fingerprint density at radius 1 is 0.317 bits per heavy atom. The predicted octanol–water partition coefficient (Wildman–Crippen LogP) is 13.6. The van der Waals surface area contributed by atoms with Crippen molar-refractivity contribution in [2.45, 2.75) is 226 Å². The van der Waals surface area contributed by atoms with Crippen LogP contribution in [0.4, 0.5) is 0 Å². The maximum Gasteiger partial charge on any atom is 0.101 e. The van der Waals surface area contributed by atoms with Gasteiger partial charge in [-0.1, -0.05) is 194 Å². The van der Waals surface area contributed by atoms with Crippen LogP contribution in [-0.2, 0) is 0 Å². The molecule has 41 heavy (non-hydrogen) atoms. The van der Waals surface area contributed by atoms with Crippen molar-refractivity contribution in [1.29, 1.82) is 0 Å². The van der Waals surface area contributed by atoms with Crippen molar-refractivity contribution in [2.24, 2.45) is 0 Å². The molecule has 0 bridgehead atoms. The van der Waals surface area contributed by atoms with Crippen molar-refractivity contribution in [3.8, 4) is 0 Å². The molecule has 1 rings (SSSR count). The van der Waals surface area contributed by atoms with Crippen LogP contribution in [-0.4, -0.2) is 29.1 Å². The van der Waals surface area contributed by atoms with Gasteiger partial charge in [-0.2, -0.15) is 0 Å². The van der Waals surface area contributed by atoms with Crippen LogP contribution in [0.3, 0.4) is 0 Å². The number of hydrogen-bond donors (Lipinski definition) is 0. The van der Waals surface area contributed by atoms with E-state index in [1.807, 2.05) is 0 Å². The molecule has 1 aliphatic heterocycles. The molecule has 0 aliphatic carbocycles. The molecule has 0 radical (unpaired) electrons. The van der Waals surface area contributed by atoms with E-state index in [2.05, 4.69) is 43.0 Å². The molecule has 0 saturated heterocycles. The molecule has 244 valence electrons. The highest BCUT2D eigenvalue weighted by atomic mass is 15.4. The molecule has 1 heterocycles. The average molecular weight is 575 g/mol. The van der Waals surface area contributed by atoms with Gasteiger partial charge in [0.15, 0.2) is 0 Å². The highest BCUT2D eigenvalue weighted by molar-refractivity contribution is 4.97. The van der Waals surface area contributed by atoms with E-state index < -0.39 is 0 Å². The van der Waals surface area contributed by atoms with Crippen LogP contribution in [0.25, 0.3) is 0 Å². The SMILES string of the molecule is CCCCCCCCCCCCCCCCCCCN1C=CN(CCCCCCCCCCCC)C1CCCCC. The Morgan fingerprint density at radius 2 is 0.561 bits per heavy atom. The largest absolute Gasteiger partial charge is 0.356 e. The molecule has 1 unspecified atom stereocenters. The van der Waals surface area contributed by atoms with Crippen LogP contribution in [0, 0.1) is 0 Å². The van der Waals surface area contributed by atoms with Gasteiger partial charge in [0.05, 0.1) is 0 Å². The van der Waals surface area contributed by atoms with Crippen molar-refractivity contribution in [3.05, 3.63) is 12.4 Å². The number of nitrogens with zero attached hydrogens (tertiary/aromatic N) is 2. The number of unbranched alkanes of at least 4 members (excludes halogenated alkanes) is 27. The summed E-state index contributed by atoms with van der Waals surface area (Å²) >= 11 is 0. The van der Waals surface area contributed by atoms with Gasteiger partial charge < -0.3 is 9.80 Å². The Labute approximate surface area is 260 Å². The molecule has 1 atom stereocenters. The Morgan fingerprint density at radius 3 is 0.854 bits per heavy atom. The van der Waals surface area contributed by atoms with Gasteiger partial charge in [-0.3, -0.25) is 0 Å². The first-order chi connectivity index (χ1) is 20.3. The van der Waals surface area contributed by atoms with Gasteiger partial charge in [-0.25, -0.2) is 0 Å². The summed E-state index contributed by atoms with van der Waals surface area (Å²) in [5.74, 6) is 0. The van der Waals surface area contributed by atoms with Gasteiger partial charge in [-0.05, 0) is 25.7 Å². The van der Waals surface area contributed by atoms with Crippen molar-refractivity contribution in [3.63, 3.8) is 0 Å². The first-order valence-electron chi connectivity index (χ1n) is 19.5. The maximum absolute atomic E-state index is 2.69. The van der Waals surface area contributed by atoms with E-state index >= 15 is 0 Å². The van der Waals surface area contributed by atoms with E-state index in [0.29, 0.717) is 6.17 Å². The summed E-state index contributed by atoms with van der Waals surface area (Å²) in [6.45, 7) is 9.48. The van der Waals surface area contributed by atoms with E-state index in [1.165, 1.54) is 212 Å². The van der Waals surface area contributed by atoms with E-state index in [1.54, 1.807) is 0 Å². The van der Waals surface area contributed by atoms with Gasteiger partial charge in [0.1, 0.15) is 6.17 Å². The Bertz CT molecular complexity index is 530. The van der Waals surface area contributed by atoms with Gasteiger partial charge in [0.2, 0.25) is 0 Å². The van der Waals surface area contributed by atoms with Gasteiger partial charge in [0.25, 0.3) is 0 Å². The van der Waals surface area contributed by atoms with Crippen molar-refractivity contribution in [1.82, 2.24) is 9.80 Å². The topological polar surface area (TPSA) is 6.48 Å². The summed E-state index contributed by atoms with van der Waals surface area (Å²) in [5.41, 5.74) is 0. The lowest BCUT2D eigenvalue weighted by atomic mass is 10.0. The molecule has 2 heteroatoms. The summed E-state index contributed by atoms with van der Waals surface area (Å²) in [6.07, 6.45) is 50.0. The van der Waals surface area contributed by atoms with Crippen molar-refractivity contribution in [2.75, 3.05) is 13.1 Å². The average Bonchev–Trinajstić information content (AvgIpc) is 3.37. The fraction of sp³-hybridized carbons (Fsp3) is 0.949. The van der Waals surface area contributed by atoms with E-state index in [4.69, 9.17) is 0 Å². The lowest BCUT2D eigenvalue weighted by Crippen LogP contribution is -2.39. The van der Waals surface area contributed by atoms with Crippen molar-refractivity contribution >= 4 is 0 Å². The first kappa shape index (κ1) is 38.4. The molecular weight excluding hydrogens is 496 g/mol. The maximum atomic E-state index is 2.69. The fourth-order valence-electron chi connectivity index (χ4n) is 6.72. The summed E-state index contributed by atoms with van der Waals surface area (Å²) in [5, 5.41) is 0. The zero-order chi connectivity index (χ0) is 29.5. The minimum atomic E-state index is 0.640. The van der Waals surface area contributed by atoms with Crippen LogP contribution < -0.4 is 0 Å². The third-order valence-corrected chi connectivity index (χ3v) is 9.57. The molecule has 2 nitrogen and oxygen atoms in total.